The van der Waals surface area contributed by atoms with Crippen LogP contribution >= 0.6 is 0 Å². The van der Waals surface area contributed by atoms with Crippen molar-refractivity contribution in [3.63, 3.8) is 0 Å². The molecule has 0 aliphatic heterocycles. The lowest BCUT2D eigenvalue weighted by Crippen LogP contribution is -2.08. The second-order valence-corrected chi connectivity index (χ2v) is 3.69. The smallest absolute Gasteiger partial charge is 0.0221 e. The van der Waals surface area contributed by atoms with Crippen LogP contribution in [0, 0.1) is 0 Å². The van der Waals surface area contributed by atoms with Crippen LogP contribution in [-0.4, -0.2) is 0 Å². The Bertz CT molecular complexity index is 527. The van der Waals surface area contributed by atoms with E-state index >= 15 is 0 Å². The first kappa shape index (κ1) is 9.72. The van der Waals surface area contributed by atoms with Gasteiger partial charge in [-0.25, -0.2) is 0 Å². The highest BCUT2D eigenvalue weighted by atomic mass is 14.0. The summed E-state index contributed by atoms with van der Waals surface area (Å²) in [5.74, 6) is 0. The molecule has 74 valence electrons. The Morgan fingerprint density at radius 2 is 1.47 bits per heavy atom. The Morgan fingerprint density at radius 3 is 2.07 bits per heavy atom. The van der Waals surface area contributed by atoms with Gasteiger partial charge in [0.15, 0.2) is 0 Å². The molecule has 0 heterocycles. The molecule has 0 saturated heterocycles. The van der Waals surface area contributed by atoms with Gasteiger partial charge in [0.05, 0.1) is 0 Å². The highest BCUT2D eigenvalue weighted by molar-refractivity contribution is 5.63. The van der Waals surface area contributed by atoms with Crippen LogP contribution in [0.4, 0.5) is 0 Å². The minimum Gasteiger partial charge on any atom is -0.0918 e. The first-order valence-corrected chi connectivity index (χ1v) is 5.09. The van der Waals surface area contributed by atoms with E-state index in [2.05, 4.69) is 49.9 Å². The van der Waals surface area contributed by atoms with Crippen LogP contribution in [-0.2, 0) is 0 Å². The van der Waals surface area contributed by atoms with Crippen molar-refractivity contribution >= 4 is 12.2 Å². The molecular formula is C15H14. The van der Waals surface area contributed by atoms with Crippen molar-refractivity contribution in [2.75, 3.05) is 0 Å². The van der Waals surface area contributed by atoms with Gasteiger partial charge in [-0.1, -0.05) is 61.2 Å². The molecule has 0 aliphatic rings. The van der Waals surface area contributed by atoms with Crippen LogP contribution in [0.15, 0.2) is 54.6 Å². The zero-order chi connectivity index (χ0) is 10.7. The Kier molecular flexibility index (Phi) is 2.68. The van der Waals surface area contributed by atoms with Crippen molar-refractivity contribution in [3.05, 3.63) is 70.6 Å². The maximum absolute atomic E-state index is 3.88. The molecule has 0 nitrogen and oxygen atoms in total. The molecule has 15 heavy (non-hydrogen) atoms. The average molecular weight is 194 g/mol. The largest absolute Gasteiger partial charge is 0.0918 e. The van der Waals surface area contributed by atoms with Gasteiger partial charge in [-0.2, -0.15) is 0 Å². The third-order valence-electron chi connectivity index (χ3n) is 2.59. The van der Waals surface area contributed by atoms with Crippen molar-refractivity contribution in [1.29, 1.82) is 0 Å². The predicted molar refractivity (Wildman–Crippen MR) is 65.8 cm³/mol. The number of rotatable bonds is 1. The SMILES string of the molecule is C=c1ccc(=C(C)c2ccccc2)cc1. The molecule has 0 aliphatic carbocycles. The number of hydrogen-bond acceptors (Lipinski definition) is 0. The molecule has 0 fully saturated rings. The second-order valence-electron chi connectivity index (χ2n) is 3.69. The molecule has 0 saturated carbocycles. The van der Waals surface area contributed by atoms with E-state index in [-0.39, 0.29) is 0 Å². The summed E-state index contributed by atoms with van der Waals surface area (Å²) in [5.41, 5.74) is 2.57. The first-order valence-electron chi connectivity index (χ1n) is 5.09. The number of hydrogen-bond donors (Lipinski definition) is 0. The van der Waals surface area contributed by atoms with E-state index in [1.807, 2.05) is 18.2 Å². The van der Waals surface area contributed by atoms with E-state index in [1.54, 1.807) is 0 Å². The van der Waals surface area contributed by atoms with E-state index in [1.165, 1.54) is 16.4 Å². The van der Waals surface area contributed by atoms with Crippen LogP contribution in [0.1, 0.15) is 12.5 Å². The summed E-state index contributed by atoms with van der Waals surface area (Å²) >= 11 is 0. The van der Waals surface area contributed by atoms with Crippen molar-refractivity contribution < 1.29 is 0 Å². The Hall–Kier alpha value is -1.82. The molecule has 2 aromatic carbocycles. The van der Waals surface area contributed by atoms with E-state index < -0.39 is 0 Å². The van der Waals surface area contributed by atoms with Crippen molar-refractivity contribution in [3.8, 4) is 0 Å². The fourth-order valence-corrected chi connectivity index (χ4v) is 1.61. The van der Waals surface area contributed by atoms with Crippen LogP contribution in [0.2, 0.25) is 0 Å². The van der Waals surface area contributed by atoms with Crippen LogP contribution in [0.25, 0.3) is 12.2 Å². The first-order chi connectivity index (χ1) is 7.27. The van der Waals surface area contributed by atoms with Gasteiger partial charge < -0.3 is 0 Å². The minimum absolute atomic E-state index is 1.06. The summed E-state index contributed by atoms with van der Waals surface area (Å²) in [4.78, 5) is 0. The summed E-state index contributed by atoms with van der Waals surface area (Å²) in [6, 6.07) is 18.7. The van der Waals surface area contributed by atoms with Gasteiger partial charge in [0.2, 0.25) is 0 Å². The lowest BCUT2D eigenvalue weighted by molar-refractivity contribution is 1.47. The quantitative estimate of drug-likeness (QED) is 0.653. The van der Waals surface area contributed by atoms with Crippen LogP contribution in [0.5, 0.6) is 0 Å². The van der Waals surface area contributed by atoms with Crippen molar-refractivity contribution in [2.24, 2.45) is 0 Å². The van der Waals surface area contributed by atoms with Gasteiger partial charge in [0.1, 0.15) is 0 Å². The summed E-state index contributed by atoms with van der Waals surface area (Å²) in [6.07, 6.45) is 0. The normalized spacial score (nSPS) is 9.93. The molecule has 0 spiro atoms. The molecule has 0 heteroatoms. The monoisotopic (exact) mass is 194 g/mol. The van der Waals surface area contributed by atoms with Gasteiger partial charge in [-0.05, 0) is 28.5 Å². The molecule has 2 rings (SSSR count). The Balaban J connectivity index is 2.60. The summed E-state index contributed by atoms with van der Waals surface area (Å²) in [6.45, 7) is 6.03. The zero-order valence-corrected chi connectivity index (χ0v) is 8.90. The molecule has 0 N–H and O–H groups in total. The van der Waals surface area contributed by atoms with E-state index in [4.69, 9.17) is 0 Å². The summed E-state index contributed by atoms with van der Waals surface area (Å²) in [7, 11) is 0. The highest BCUT2D eigenvalue weighted by Crippen LogP contribution is 2.08. The van der Waals surface area contributed by atoms with Crippen molar-refractivity contribution in [1.82, 2.24) is 0 Å². The molecule has 0 atom stereocenters. The lowest BCUT2D eigenvalue weighted by Gasteiger charge is -2.00. The lowest BCUT2D eigenvalue weighted by atomic mass is 10.0. The molecule has 2 aromatic rings. The van der Waals surface area contributed by atoms with Crippen LogP contribution < -0.4 is 10.4 Å². The standard InChI is InChI=1S/C15H14/c1-12-8-10-15(11-9-12)13(2)14-6-4-3-5-7-14/h3-11H,1H2,2H3. The fourth-order valence-electron chi connectivity index (χ4n) is 1.61. The van der Waals surface area contributed by atoms with Gasteiger partial charge >= 0.3 is 0 Å². The average Bonchev–Trinajstić information content (AvgIpc) is 2.30. The van der Waals surface area contributed by atoms with Crippen molar-refractivity contribution in [2.45, 2.75) is 6.92 Å². The van der Waals surface area contributed by atoms with E-state index in [0.717, 1.165) is 5.22 Å². The Labute approximate surface area is 90.2 Å². The predicted octanol–water partition coefficient (Wildman–Crippen LogP) is 2.32. The fraction of sp³-hybridized carbons (Fsp3) is 0.0667. The van der Waals surface area contributed by atoms with Gasteiger partial charge in [0, 0.05) is 0 Å². The maximum atomic E-state index is 3.88. The molecule has 0 amide bonds. The van der Waals surface area contributed by atoms with E-state index in [0.29, 0.717) is 0 Å². The summed E-state index contributed by atoms with van der Waals surface area (Å²) in [5, 5.41) is 2.31. The molecule has 0 radical (unpaired) electrons. The third kappa shape index (κ3) is 2.16. The van der Waals surface area contributed by atoms with E-state index in [9.17, 15) is 0 Å². The van der Waals surface area contributed by atoms with Gasteiger partial charge in [-0.15, -0.1) is 0 Å². The number of benzene rings is 2. The Morgan fingerprint density at radius 1 is 0.867 bits per heavy atom. The molecular weight excluding hydrogens is 180 g/mol. The maximum Gasteiger partial charge on any atom is -0.0221 e. The molecule has 0 aromatic heterocycles. The van der Waals surface area contributed by atoms with Crippen LogP contribution in [0.3, 0.4) is 0 Å². The topological polar surface area (TPSA) is 0 Å². The third-order valence-corrected chi connectivity index (χ3v) is 2.59. The van der Waals surface area contributed by atoms with Gasteiger partial charge in [0.25, 0.3) is 0 Å². The van der Waals surface area contributed by atoms with Gasteiger partial charge in [-0.3, -0.25) is 0 Å². The minimum atomic E-state index is 1.06. The highest BCUT2D eigenvalue weighted by Gasteiger charge is 1.93. The summed E-state index contributed by atoms with van der Waals surface area (Å²) < 4.78 is 0. The second kappa shape index (κ2) is 4.14. The molecule has 0 unspecified atom stereocenters. The zero-order valence-electron chi connectivity index (χ0n) is 8.90. The molecule has 0 bridgehead atoms.